The van der Waals surface area contributed by atoms with Crippen LogP contribution >= 0.6 is 0 Å². The molecule has 1 heterocycles. The second-order valence-electron chi connectivity index (χ2n) is 5.44. The first-order valence-corrected chi connectivity index (χ1v) is 7.99. The summed E-state index contributed by atoms with van der Waals surface area (Å²) in [7, 11) is 0. The van der Waals surface area contributed by atoms with E-state index in [-0.39, 0.29) is 0 Å². The molecule has 0 amide bonds. The molecule has 1 aromatic heterocycles. The number of aromatic nitrogens is 1. The number of amidine groups is 1. The maximum Gasteiger partial charge on any atom is 0.201 e. The molecule has 0 saturated carbocycles. The van der Waals surface area contributed by atoms with Crippen molar-refractivity contribution in [2.75, 3.05) is 5.43 Å². The Bertz CT molecular complexity index is 969. The summed E-state index contributed by atoms with van der Waals surface area (Å²) in [5.74, 6) is 0.883. The van der Waals surface area contributed by atoms with Gasteiger partial charge in [0.05, 0.1) is 17.3 Å². The molecule has 0 atom stereocenters. The fraction of sp³-hybridized carbons (Fsp3) is 0.0500. The predicted molar refractivity (Wildman–Crippen MR) is 101 cm³/mol. The monoisotopic (exact) mass is 340 g/mol. The Morgan fingerprint density at radius 3 is 2.46 bits per heavy atom. The predicted octanol–water partition coefficient (Wildman–Crippen LogP) is 4.82. The average molecular weight is 340 g/mol. The van der Waals surface area contributed by atoms with Crippen LogP contribution in [0, 0.1) is 18.3 Å². The normalized spacial score (nSPS) is 11.3. The number of para-hydroxylation sites is 1. The van der Waals surface area contributed by atoms with Crippen LogP contribution in [0.1, 0.15) is 16.7 Å². The van der Waals surface area contributed by atoms with E-state index in [4.69, 9.17) is 5.26 Å². The molecule has 0 saturated heterocycles. The Morgan fingerprint density at radius 2 is 1.77 bits per heavy atom. The van der Waals surface area contributed by atoms with Gasteiger partial charge in [0.2, 0.25) is 5.84 Å². The summed E-state index contributed by atoms with van der Waals surface area (Å²) in [5, 5.41) is 21.7. The largest absolute Gasteiger partial charge is 0.276 e. The molecule has 0 aliphatic carbocycles. The maximum atomic E-state index is 8.96. The zero-order valence-electron chi connectivity index (χ0n) is 14.2. The van der Waals surface area contributed by atoms with Crippen molar-refractivity contribution >= 4 is 17.3 Å². The van der Waals surface area contributed by atoms with E-state index in [9.17, 15) is 0 Å². The van der Waals surface area contributed by atoms with Crippen molar-refractivity contribution in [3.63, 3.8) is 0 Å². The van der Waals surface area contributed by atoms with Gasteiger partial charge in [0.1, 0.15) is 0 Å². The molecule has 0 aliphatic heterocycles. The molecule has 2 aromatic carbocycles. The van der Waals surface area contributed by atoms with Gasteiger partial charge in [-0.05, 0) is 55.0 Å². The van der Waals surface area contributed by atoms with E-state index in [0.717, 1.165) is 16.8 Å². The van der Waals surface area contributed by atoms with Crippen molar-refractivity contribution in [1.29, 1.82) is 5.26 Å². The van der Waals surface area contributed by atoms with Gasteiger partial charge < -0.3 is 0 Å². The van der Waals surface area contributed by atoms with Crippen LogP contribution in [-0.4, -0.2) is 10.8 Å². The number of pyridine rings is 1. The molecule has 3 rings (SSSR count). The lowest BCUT2D eigenvalue weighted by molar-refractivity contribution is 1.16. The van der Waals surface area contributed by atoms with Crippen LogP contribution in [0.4, 0.5) is 11.5 Å². The number of aryl methyl sites for hydroxylation is 1. The van der Waals surface area contributed by atoms with Gasteiger partial charge >= 0.3 is 0 Å². The van der Waals surface area contributed by atoms with Crippen LogP contribution in [0.5, 0.6) is 0 Å². The molecule has 126 valence electrons. The summed E-state index contributed by atoms with van der Waals surface area (Å²) in [4.78, 5) is 4.13. The van der Waals surface area contributed by atoms with E-state index >= 15 is 0 Å². The number of rotatable bonds is 4. The van der Waals surface area contributed by atoms with E-state index < -0.39 is 0 Å². The topological polar surface area (TPSA) is 85.8 Å². The fourth-order valence-electron chi connectivity index (χ4n) is 2.16. The van der Waals surface area contributed by atoms with Crippen LogP contribution < -0.4 is 5.43 Å². The summed E-state index contributed by atoms with van der Waals surface area (Å²) < 4.78 is 0. The molecule has 26 heavy (non-hydrogen) atoms. The lowest BCUT2D eigenvalue weighted by Gasteiger charge is -2.06. The molecule has 1 N–H and O–H groups in total. The summed E-state index contributed by atoms with van der Waals surface area (Å²) in [6.07, 6.45) is 1.65. The molecule has 3 aromatic rings. The number of nitrogens with zero attached hydrogens (tertiary/aromatic N) is 5. The number of hydrogen-bond acceptors (Lipinski definition) is 5. The van der Waals surface area contributed by atoms with Crippen molar-refractivity contribution in [2.24, 2.45) is 15.3 Å². The molecule has 0 spiro atoms. The highest BCUT2D eigenvalue weighted by Crippen LogP contribution is 2.15. The molecule has 0 aliphatic rings. The smallest absolute Gasteiger partial charge is 0.201 e. The van der Waals surface area contributed by atoms with Gasteiger partial charge in [0.15, 0.2) is 5.82 Å². The molecular formula is C20H16N6. The number of benzene rings is 2. The maximum absolute atomic E-state index is 8.96. The van der Waals surface area contributed by atoms with Crippen LogP contribution in [0.3, 0.4) is 0 Å². The third kappa shape index (κ3) is 4.36. The minimum Gasteiger partial charge on any atom is -0.276 e. The summed E-state index contributed by atoms with van der Waals surface area (Å²) in [6.45, 7) is 1.99. The highest BCUT2D eigenvalue weighted by molar-refractivity contribution is 5.99. The molecule has 0 unspecified atom stereocenters. The van der Waals surface area contributed by atoms with E-state index in [1.54, 1.807) is 36.5 Å². The van der Waals surface area contributed by atoms with Gasteiger partial charge in [-0.3, -0.25) is 5.43 Å². The Labute approximate surface area is 151 Å². The van der Waals surface area contributed by atoms with E-state index in [0.29, 0.717) is 17.2 Å². The fourth-order valence-corrected chi connectivity index (χ4v) is 2.16. The highest BCUT2D eigenvalue weighted by Gasteiger charge is 2.04. The Hall–Kier alpha value is -3.85. The van der Waals surface area contributed by atoms with Gasteiger partial charge in [0.25, 0.3) is 0 Å². The highest BCUT2D eigenvalue weighted by atomic mass is 15.3. The van der Waals surface area contributed by atoms with Crippen molar-refractivity contribution in [1.82, 2.24) is 4.98 Å². The van der Waals surface area contributed by atoms with Crippen LogP contribution in [0.15, 0.2) is 88.3 Å². The lowest BCUT2D eigenvalue weighted by atomic mass is 10.1. The summed E-state index contributed by atoms with van der Waals surface area (Å²) in [5.41, 5.74) is 6.28. The zero-order valence-corrected chi connectivity index (χ0v) is 14.2. The van der Waals surface area contributed by atoms with E-state index in [2.05, 4.69) is 31.8 Å². The van der Waals surface area contributed by atoms with Crippen LogP contribution in [-0.2, 0) is 0 Å². The van der Waals surface area contributed by atoms with Gasteiger partial charge in [-0.1, -0.05) is 24.3 Å². The van der Waals surface area contributed by atoms with Gasteiger partial charge in [-0.15, -0.1) is 10.2 Å². The van der Waals surface area contributed by atoms with E-state index in [1.807, 2.05) is 43.3 Å². The SMILES string of the molecule is Cc1ccccc1NN=C(N=Nc1ccccn1)c1ccc(C#N)cc1. The van der Waals surface area contributed by atoms with Crippen molar-refractivity contribution in [3.05, 3.63) is 89.6 Å². The van der Waals surface area contributed by atoms with Crippen molar-refractivity contribution in [3.8, 4) is 6.07 Å². The Balaban J connectivity index is 1.92. The third-order valence-electron chi connectivity index (χ3n) is 3.60. The Kier molecular flexibility index (Phi) is 5.43. The number of nitrogens with one attached hydrogen (secondary N) is 1. The molecular weight excluding hydrogens is 324 g/mol. The first kappa shape index (κ1) is 17.0. The number of azo groups is 1. The number of hydrazone groups is 1. The minimum atomic E-state index is 0.392. The van der Waals surface area contributed by atoms with Crippen LogP contribution in [0.25, 0.3) is 0 Å². The number of anilines is 1. The van der Waals surface area contributed by atoms with Crippen LogP contribution in [0.2, 0.25) is 0 Å². The van der Waals surface area contributed by atoms with E-state index in [1.165, 1.54) is 0 Å². The van der Waals surface area contributed by atoms with Gasteiger partial charge in [0, 0.05) is 11.8 Å². The molecule has 0 radical (unpaired) electrons. The Morgan fingerprint density at radius 1 is 1.00 bits per heavy atom. The van der Waals surface area contributed by atoms with Crippen molar-refractivity contribution < 1.29 is 0 Å². The molecule has 6 heteroatoms. The quantitative estimate of drug-likeness (QED) is 0.320. The zero-order chi connectivity index (χ0) is 18.2. The first-order chi connectivity index (χ1) is 12.8. The second-order valence-corrected chi connectivity index (χ2v) is 5.44. The lowest BCUT2D eigenvalue weighted by Crippen LogP contribution is -2.02. The average Bonchev–Trinajstić information content (AvgIpc) is 2.70. The molecule has 0 fully saturated rings. The number of nitriles is 1. The first-order valence-electron chi connectivity index (χ1n) is 7.99. The van der Waals surface area contributed by atoms with Gasteiger partial charge in [-0.2, -0.15) is 10.4 Å². The second kappa shape index (κ2) is 8.31. The number of hydrogen-bond donors (Lipinski definition) is 1. The summed E-state index contributed by atoms with van der Waals surface area (Å²) in [6, 6.07) is 22.3. The minimum absolute atomic E-state index is 0.392. The summed E-state index contributed by atoms with van der Waals surface area (Å²) >= 11 is 0. The van der Waals surface area contributed by atoms with Gasteiger partial charge in [-0.25, -0.2) is 4.98 Å². The molecule has 0 bridgehead atoms. The standard InChI is InChI=1S/C20H16N6/c1-15-6-2-3-7-18(15)23-25-20(17-11-9-16(14-21)10-12-17)26-24-19-8-4-5-13-22-19/h2-13,23H,1H3. The van der Waals surface area contributed by atoms with Crippen molar-refractivity contribution in [2.45, 2.75) is 6.92 Å². The third-order valence-corrected chi connectivity index (χ3v) is 3.60. The molecule has 6 nitrogen and oxygen atoms in total.